The van der Waals surface area contributed by atoms with Crippen molar-refractivity contribution in [2.45, 2.75) is 34.6 Å². The van der Waals surface area contributed by atoms with E-state index in [0.717, 1.165) is 17.1 Å². The van der Waals surface area contributed by atoms with E-state index < -0.39 is 51.5 Å². The molecule has 4 N–H and O–H groups in total. The van der Waals surface area contributed by atoms with E-state index in [-0.39, 0.29) is 25.2 Å². The van der Waals surface area contributed by atoms with E-state index in [2.05, 4.69) is 92.0 Å². The Labute approximate surface area is 392 Å². The number of nitrogens with two attached hydrogens (primary N) is 1. The molecule has 0 aliphatic heterocycles. The van der Waals surface area contributed by atoms with Gasteiger partial charge in [0.25, 0.3) is 0 Å². The summed E-state index contributed by atoms with van der Waals surface area (Å²) in [6.45, 7) is 26.2. The zero-order chi connectivity index (χ0) is 45.0. The Morgan fingerprint density at radius 2 is 1.15 bits per heavy atom. The van der Waals surface area contributed by atoms with Crippen LogP contribution in [0.25, 0.3) is 4.98 Å². The molecule has 0 aliphatic rings. The molecule has 30 heteroatoms. The Hall–Kier alpha value is 0.729. The maximum Gasteiger partial charge on any atom is 0 e. The van der Waals surface area contributed by atoms with Gasteiger partial charge in [0.1, 0.15) is 0 Å². The Bertz CT molecular complexity index is 1080. The molecule has 55 heavy (non-hydrogen) atoms. The fourth-order valence-electron chi connectivity index (χ4n) is 1.16. The molecule has 0 atom stereocenters. The van der Waals surface area contributed by atoms with Crippen LogP contribution in [0.3, 0.4) is 0 Å². The second kappa shape index (κ2) is 79.0. The molecule has 0 bridgehead atoms. The van der Waals surface area contributed by atoms with Crippen LogP contribution in [-0.2, 0) is 3.74 Å². The fraction of sp³-hybridized carbons (Fsp3) is 0.200. The maximum absolute atomic E-state index is 10.4. The van der Waals surface area contributed by atoms with Gasteiger partial charge in [0.2, 0.25) is 5.39 Å². The topological polar surface area (TPSA) is 112 Å². The molecule has 0 unspecified atom stereocenters. The first-order chi connectivity index (χ1) is 24.5. The molecular formula is C25H40As3B15Cl6N3O3. The van der Waals surface area contributed by atoms with Crippen molar-refractivity contribution in [1.29, 1.82) is 5.39 Å². The van der Waals surface area contributed by atoms with Gasteiger partial charge in [-0.2, -0.15) is 0 Å². The first-order valence-electron chi connectivity index (χ1n) is 13.8. The summed E-state index contributed by atoms with van der Waals surface area (Å²) in [6, 6.07) is 0. The zero-order valence-electron chi connectivity index (χ0n) is 31.9. The first kappa shape index (κ1) is 87.3. The quantitative estimate of drug-likeness (QED) is 0.185. The van der Waals surface area contributed by atoms with Crippen molar-refractivity contribution in [3.8, 4) is 0 Å². The normalized spacial score (nSPS) is 9.25. The molecule has 0 fully saturated rings. The SMILES string of the molecule is C=C/C(=C\C)[As](=O)(O)O.C=C/C(=C\C)[As](Cl)Cl.C=C/C(=C\C)[N+]#N.C=C/C(N)=C\C.C=C/C=C\C.Cl[As](Cl)Cl.[B].[B]B([B])[B].[B][B].[B][B]B([B])[B].[B][B][B].[Cl-]. The van der Waals surface area contributed by atoms with Crippen molar-refractivity contribution >= 4 is 201 Å². The molecule has 0 rings (SSSR count). The molecule has 0 spiro atoms. The van der Waals surface area contributed by atoms with Crippen LogP contribution in [-0.4, -0.2) is 160 Å². The summed E-state index contributed by atoms with van der Waals surface area (Å²) in [6.07, 6.45) is 17.1. The fourth-order valence-corrected chi connectivity index (χ4v) is 4.79. The maximum atomic E-state index is 10.4. The average Bonchev–Trinajstić information content (AvgIpc) is 3.08. The third-order valence-electron chi connectivity index (χ3n) is 3.28. The van der Waals surface area contributed by atoms with Crippen molar-refractivity contribution in [3.63, 3.8) is 0 Å². The molecule has 0 saturated heterocycles. The second-order valence-corrected chi connectivity index (χ2v) is 25.7. The Morgan fingerprint density at radius 3 is 1.15 bits per heavy atom. The Morgan fingerprint density at radius 1 is 0.800 bits per heavy atom. The molecular weight excluding hydrogens is 990 g/mol. The Kier molecular flexibility index (Phi) is 125. The first-order valence-corrected chi connectivity index (χ1v) is 30.5. The van der Waals surface area contributed by atoms with E-state index >= 15 is 0 Å². The predicted molar refractivity (Wildman–Crippen MR) is 268 cm³/mol. The largest absolute Gasteiger partial charge is 1.00 e. The van der Waals surface area contributed by atoms with E-state index in [1.165, 1.54) is 25.3 Å². The minimum absolute atomic E-state index is 0. The molecule has 6 nitrogen and oxygen atoms in total. The Balaban J connectivity index is -0.0000000380. The van der Waals surface area contributed by atoms with Crippen LogP contribution in [0.1, 0.15) is 34.6 Å². The van der Waals surface area contributed by atoms with Crippen molar-refractivity contribution in [2.75, 3.05) is 0 Å². The van der Waals surface area contributed by atoms with Gasteiger partial charge in [-0.05, 0) is 26.8 Å². The summed E-state index contributed by atoms with van der Waals surface area (Å²) in [5.41, 5.74) is 6.45. The number of halogens is 6. The van der Waals surface area contributed by atoms with Crippen molar-refractivity contribution in [3.05, 3.63) is 125 Å². The van der Waals surface area contributed by atoms with Crippen LogP contribution in [0.15, 0.2) is 120 Å². The van der Waals surface area contributed by atoms with Gasteiger partial charge in [0, 0.05) is 131 Å². The zero-order valence-corrected chi connectivity index (χ0v) is 42.1. The minimum Gasteiger partial charge on any atom is -1.00 e. The molecule has 275 valence electrons. The molecule has 0 amide bonds. The molecule has 0 aromatic carbocycles. The molecule has 0 heterocycles. The van der Waals surface area contributed by atoms with Gasteiger partial charge < -0.3 is 18.1 Å². The van der Waals surface area contributed by atoms with E-state index in [1.54, 1.807) is 44.2 Å². The predicted octanol–water partition coefficient (Wildman–Crippen LogP) is 0.328. The third-order valence-corrected chi connectivity index (χ3v) is 9.39. The van der Waals surface area contributed by atoms with Gasteiger partial charge in [-0.3, -0.25) is 0 Å². The van der Waals surface area contributed by atoms with Crippen LogP contribution in [0.2, 0.25) is 0 Å². The van der Waals surface area contributed by atoms with E-state index in [9.17, 15) is 3.74 Å². The van der Waals surface area contributed by atoms with Crippen molar-refractivity contribution in [1.82, 2.24) is 0 Å². The molecule has 25 radical (unpaired) electrons. The van der Waals surface area contributed by atoms with Crippen molar-refractivity contribution in [2.24, 2.45) is 5.73 Å². The summed E-state index contributed by atoms with van der Waals surface area (Å²) >= 11 is -8.03. The van der Waals surface area contributed by atoms with Crippen LogP contribution < -0.4 is 18.1 Å². The van der Waals surface area contributed by atoms with E-state index in [1.807, 2.05) is 39.0 Å². The monoisotopic (exact) mass is 1030 g/mol. The number of allylic oxidation sites excluding steroid dienone is 13. The van der Waals surface area contributed by atoms with Gasteiger partial charge in [-0.15, -0.1) is 0 Å². The summed E-state index contributed by atoms with van der Waals surface area (Å²) in [5, 5.41) is 8.01. The molecule has 0 aromatic heterocycles. The van der Waals surface area contributed by atoms with Crippen molar-refractivity contribution < 1.29 is 24.3 Å². The van der Waals surface area contributed by atoms with Gasteiger partial charge in [-0.1, -0.05) is 44.0 Å². The molecule has 0 aliphatic carbocycles. The third kappa shape index (κ3) is 142. The number of hydrogen-bond donors (Lipinski definition) is 3. The van der Waals surface area contributed by atoms with Gasteiger partial charge in [0.05, 0.1) is 0 Å². The molecule has 0 aromatic rings. The van der Waals surface area contributed by atoms with E-state index in [0.29, 0.717) is 5.70 Å². The van der Waals surface area contributed by atoms with Gasteiger partial charge in [0.15, 0.2) is 4.98 Å². The van der Waals surface area contributed by atoms with Gasteiger partial charge in [-0.25, -0.2) is 0 Å². The van der Waals surface area contributed by atoms with Crippen LogP contribution in [0.4, 0.5) is 0 Å². The summed E-state index contributed by atoms with van der Waals surface area (Å²) in [4.78, 5) is 2.87. The van der Waals surface area contributed by atoms with Crippen LogP contribution in [0.5, 0.6) is 0 Å². The van der Waals surface area contributed by atoms with Crippen LogP contribution >= 0.6 is 49.7 Å². The minimum atomic E-state index is -4.60. The summed E-state index contributed by atoms with van der Waals surface area (Å²) in [7, 11) is 73.9. The second-order valence-electron chi connectivity index (χ2n) is 7.12. The van der Waals surface area contributed by atoms with Crippen LogP contribution in [0, 0.1) is 5.39 Å². The standard InChI is InChI=1S/C5H7AsCl2.C5H9AsO3.C5H7N2.C5H9N.C5H8.AsCl3.B5.B4.B3.B2.B.ClH/c1-3-5(4-2)6(7)8;1-3-5(4-2)6(7,8)9;1-3-5(4-2)7-6;1-3-5(6)4-2;1-3-5-4-2;2-1(3)4;1-4-5(2)3;1-4(2)3;1-3-2;1-2;;/h3-4H,1H2,2H3;3-4H,1H2,2H3,(H2,7,8,9);3-4H,1H2,2H3;3-4H,1,6H2,2H3;3-5H,1H2,2H3;;;;;;;1H/q;;+1;;;;;;;;;/p-1/b4*5-4+;5-4-;;;;;;;. The number of hydrogen-bond acceptors (Lipinski definition) is 3. The summed E-state index contributed by atoms with van der Waals surface area (Å²) in [5.74, 6) is 0. The molecule has 0 saturated carbocycles. The number of diazo groups is 1. The summed E-state index contributed by atoms with van der Waals surface area (Å²) < 4.78 is 28.5. The smallest absolute Gasteiger partial charge is 0 e. The number of nitrogens with zero attached hydrogens (tertiary/aromatic N) is 2. The number of rotatable bonds is 8. The van der Waals surface area contributed by atoms with E-state index in [4.69, 9.17) is 92.3 Å². The average molecular weight is 1030 g/mol. The van der Waals surface area contributed by atoms with Gasteiger partial charge >= 0.3 is 166 Å².